The molecule has 0 aliphatic carbocycles. The van der Waals surface area contributed by atoms with Gasteiger partial charge in [-0.25, -0.2) is 14.5 Å². The van der Waals surface area contributed by atoms with Crippen molar-refractivity contribution < 1.29 is 9.90 Å². The van der Waals surface area contributed by atoms with Crippen molar-refractivity contribution in [2.45, 2.75) is 12.6 Å². The summed E-state index contributed by atoms with van der Waals surface area (Å²) in [6.45, 7) is 0.655. The maximum Gasteiger partial charge on any atom is 0.319 e. The Bertz CT molecular complexity index is 774. The number of amides is 2. The molecule has 0 saturated carbocycles. The van der Waals surface area contributed by atoms with E-state index in [2.05, 4.69) is 20.7 Å². The maximum absolute atomic E-state index is 12.1. The lowest BCUT2D eigenvalue weighted by atomic mass is 10.2. The van der Waals surface area contributed by atoms with Gasteiger partial charge < -0.3 is 15.7 Å². The van der Waals surface area contributed by atoms with Gasteiger partial charge in [-0.2, -0.15) is 16.4 Å². The minimum atomic E-state index is -0.715. The molecule has 2 heterocycles. The molecule has 124 valence electrons. The zero-order chi connectivity index (χ0) is 16.8. The van der Waals surface area contributed by atoms with Crippen molar-refractivity contribution in [1.82, 2.24) is 20.1 Å². The number of nitrogens with zero attached hydrogens (tertiary/aromatic N) is 3. The van der Waals surface area contributed by atoms with Crippen LogP contribution in [-0.2, 0) is 6.54 Å². The molecule has 3 rings (SSSR count). The van der Waals surface area contributed by atoms with Crippen LogP contribution >= 0.6 is 11.3 Å². The first-order valence-corrected chi connectivity index (χ1v) is 8.32. The molecule has 1 aromatic carbocycles. The summed E-state index contributed by atoms with van der Waals surface area (Å²) in [5, 5.41) is 23.3. The molecule has 7 nitrogen and oxygen atoms in total. The van der Waals surface area contributed by atoms with Crippen molar-refractivity contribution in [2.75, 3.05) is 11.9 Å². The summed E-state index contributed by atoms with van der Waals surface area (Å²) in [6, 6.07) is 8.95. The van der Waals surface area contributed by atoms with E-state index >= 15 is 0 Å². The van der Waals surface area contributed by atoms with Gasteiger partial charge in [-0.1, -0.05) is 18.2 Å². The van der Waals surface area contributed by atoms with E-state index in [0.717, 1.165) is 11.1 Å². The Hall–Kier alpha value is -2.71. The molecule has 0 bridgehead atoms. The standard InChI is InChI=1S/C16H17N5O2S/c22-15(13-5-6-24-9-13)7-18-16(23)20-14-4-2-1-3-12(14)8-21-11-17-10-19-21/h1-6,9-11,15,22H,7-8H2,(H2,18,20,23). The van der Waals surface area contributed by atoms with Crippen LogP contribution in [0.25, 0.3) is 0 Å². The van der Waals surface area contributed by atoms with E-state index < -0.39 is 6.10 Å². The molecule has 0 aliphatic heterocycles. The number of aromatic nitrogens is 3. The van der Waals surface area contributed by atoms with Crippen LogP contribution in [0.3, 0.4) is 0 Å². The van der Waals surface area contributed by atoms with Crippen molar-refractivity contribution in [3.05, 3.63) is 64.9 Å². The highest BCUT2D eigenvalue weighted by molar-refractivity contribution is 7.07. The number of thiophene rings is 1. The Morgan fingerprint density at radius 2 is 2.21 bits per heavy atom. The van der Waals surface area contributed by atoms with Crippen LogP contribution in [0.2, 0.25) is 0 Å². The number of nitrogens with one attached hydrogen (secondary N) is 2. The maximum atomic E-state index is 12.1. The fourth-order valence-corrected chi connectivity index (χ4v) is 2.91. The van der Waals surface area contributed by atoms with E-state index in [0.29, 0.717) is 12.2 Å². The molecule has 2 amide bonds. The highest BCUT2D eigenvalue weighted by Gasteiger charge is 2.11. The number of hydrogen-bond donors (Lipinski definition) is 3. The van der Waals surface area contributed by atoms with E-state index in [-0.39, 0.29) is 12.6 Å². The van der Waals surface area contributed by atoms with Crippen molar-refractivity contribution in [1.29, 1.82) is 0 Å². The van der Waals surface area contributed by atoms with Crippen LogP contribution in [0.4, 0.5) is 10.5 Å². The quantitative estimate of drug-likeness (QED) is 0.640. The number of hydrogen-bond acceptors (Lipinski definition) is 5. The van der Waals surface area contributed by atoms with Gasteiger partial charge in [-0.15, -0.1) is 0 Å². The first-order valence-electron chi connectivity index (χ1n) is 7.37. The van der Waals surface area contributed by atoms with Gasteiger partial charge in [0.1, 0.15) is 12.7 Å². The van der Waals surface area contributed by atoms with Gasteiger partial charge in [-0.05, 0) is 34.0 Å². The first-order chi connectivity index (χ1) is 11.7. The summed E-state index contributed by atoms with van der Waals surface area (Å²) < 4.78 is 1.68. The number of carbonyl (C=O) groups excluding carboxylic acids is 1. The minimum absolute atomic E-state index is 0.147. The lowest BCUT2D eigenvalue weighted by molar-refractivity contribution is 0.175. The van der Waals surface area contributed by atoms with Crippen molar-refractivity contribution in [2.24, 2.45) is 0 Å². The Morgan fingerprint density at radius 1 is 1.33 bits per heavy atom. The van der Waals surface area contributed by atoms with E-state index in [1.54, 1.807) is 11.0 Å². The van der Waals surface area contributed by atoms with Gasteiger partial charge in [0.25, 0.3) is 0 Å². The Labute approximate surface area is 143 Å². The second-order valence-corrected chi connectivity index (χ2v) is 5.94. The molecule has 0 radical (unpaired) electrons. The topological polar surface area (TPSA) is 92.1 Å². The summed E-state index contributed by atoms with van der Waals surface area (Å²) in [5.74, 6) is 0. The molecule has 3 N–H and O–H groups in total. The summed E-state index contributed by atoms with van der Waals surface area (Å²) in [5.41, 5.74) is 2.40. The first kappa shape index (κ1) is 16.2. The number of benzene rings is 1. The molecule has 0 spiro atoms. The second kappa shape index (κ2) is 7.71. The highest BCUT2D eigenvalue weighted by atomic mass is 32.1. The average molecular weight is 343 g/mol. The molecule has 3 aromatic rings. The highest BCUT2D eigenvalue weighted by Crippen LogP contribution is 2.17. The van der Waals surface area contributed by atoms with Gasteiger partial charge >= 0.3 is 6.03 Å². The van der Waals surface area contributed by atoms with Gasteiger partial charge in [0.05, 0.1) is 12.6 Å². The number of aliphatic hydroxyl groups excluding tert-OH is 1. The van der Waals surface area contributed by atoms with Gasteiger partial charge in [0, 0.05) is 12.2 Å². The number of urea groups is 1. The number of carbonyl (C=O) groups is 1. The molecular weight excluding hydrogens is 326 g/mol. The monoisotopic (exact) mass is 343 g/mol. The average Bonchev–Trinajstić information content (AvgIpc) is 3.28. The molecule has 0 fully saturated rings. The molecular formula is C16H17N5O2S. The van der Waals surface area contributed by atoms with Crippen LogP contribution in [0.5, 0.6) is 0 Å². The predicted molar refractivity (Wildman–Crippen MR) is 91.9 cm³/mol. The third-order valence-electron chi connectivity index (χ3n) is 3.45. The number of para-hydroxylation sites is 1. The van der Waals surface area contributed by atoms with Crippen molar-refractivity contribution in [3.63, 3.8) is 0 Å². The number of aliphatic hydroxyl groups is 1. The van der Waals surface area contributed by atoms with E-state index in [9.17, 15) is 9.90 Å². The number of rotatable bonds is 6. The second-order valence-electron chi connectivity index (χ2n) is 5.16. The van der Waals surface area contributed by atoms with Gasteiger partial charge in [0.2, 0.25) is 0 Å². The third kappa shape index (κ3) is 4.18. The van der Waals surface area contributed by atoms with Crippen LogP contribution in [0, 0.1) is 0 Å². The Kier molecular flexibility index (Phi) is 5.19. The molecule has 1 unspecified atom stereocenters. The molecule has 0 aliphatic rings. The summed E-state index contributed by atoms with van der Waals surface area (Å²) in [7, 11) is 0. The van der Waals surface area contributed by atoms with Crippen LogP contribution in [-0.4, -0.2) is 32.4 Å². The van der Waals surface area contributed by atoms with Crippen LogP contribution in [0.1, 0.15) is 17.2 Å². The molecule has 24 heavy (non-hydrogen) atoms. The van der Waals surface area contributed by atoms with Gasteiger partial charge in [-0.3, -0.25) is 0 Å². The van der Waals surface area contributed by atoms with Gasteiger partial charge in [0.15, 0.2) is 0 Å². The molecule has 1 atom stereocenters. The van der Waals surface area contributed by atoms with Crippen LogP contribution in [0.15, 0.2) is 53.7 Å². The third-order valence-corrected chi connectivity index (χ3v) is 4.15. The Balaban J connectivity index is 1.58. The normalized spacial score (nSPS) is 11.9. The smallest absolute Gasteiger partial charge is 0.319 e. The van der Waals surface area contributed by atoms with Crippen molar-refractivity contribution in [3.8, 4) is 0 Å². The van der Waals surface area contributed by atoms with Crippen LogP contribution < -0.4 is 10.6 Å². The van der Waals surface area contributed by atoms with E-state index in [4.69, 9.17) is 0 Å². The lowest BCUT2D eigenvalue weighted by Crippen LogP contribution is -2.32. The minimum Gasteiger partial charge on any atom is -0.387 e. The number of anilines is 1. The van der Waals surface area contributed by atoms with E-state index in [1.165, 1.54) is 17.7 Å². The zero-order valence-corrected chi connectivity index (χ0v) is 13.6. The summed E-state index contributed by atoms with van der Waals surface area (Å²) >= 11 is 1.51. The molecule has 0 saturated heterocycles. The molecule has 8 heteroatoms. The summed E-state index contributed by atoms with van der Waals surface area (Å²) in [6.07, 6.45) is 2.37. The lowest BCUT2D eigenvalue weighted by Gasteiger charge is -2.14. The van der Waals surface area contributed by atoms with Crippen molar-refractivity contribution >= 4 is 23.1 Å². The predicted octanol–water partition coefficient (Wildman–Crippen LogP) is 2.24. The SMILES string of the molecule is O=C(NCC(O)c1ccsc1)Nc1ccccc1Cn1cncn1. The summed E-state index contributed by atoms with van der Waals surface area (Å²) in [4.78, 5) is 16.0. The van der Waals surface area contributed by atoms with E-state index in [1.807, 2.05) is 41.1 Å². The fraction of sp³-hybridized carbons (Fsp3) is 0.188. The molecule has 2 aromatic heterocycles. The largest absolute Gasteiger partial charge is 0.387 e. The fourth-order valence-electron chi connectivity index (χ4n) is 2.21. The zero-order valence-electron chi connectivity index (χ0n) is 12.8. The Morgan fingerprint density at radius 3 is 2.96 bits per heavy atom.